The van der Waals surface area contributed by atoms with Crippen LogP contribution < -0.4 is 10.2 Å². The Morgan fingerprint density at radius 1 is 0.833 bits per heavy atom. The predicted molar refractivity (Wildman–Crippen MR) is 132 cm³/mol. The van der Waals surface area contributed by atoms with Gasteiger partial charge < -0.3 is 4.90 Å². The Morgan fingerprint density at radius 2 is 1.53 bits per heavy atom. The predicted octanol–water partition coefficient (Wildman–Crippen LogP) is 3.75. The highest BCUT2D eigenvalue weighted by Gasteiger charge is 2.71. The fraction of sp³-hybridized carbons (Fsp3) is 0.276. The molecule has 3 aromatic rings. The van der Waals surface area contributed by atoms with Crippen molar-refractivity contribution in [2.45, 2.75) is 38.0 Å². The van der Waals surface area contributed by atoms with E-state index in [1.807, 2.05) is 61.5 Å². The van der Waals surface area contributed by atoms with Crippen LogP contribution in [0.3, 0.4) is 0 Å². The average Bonchev–Trinajstić information content (AvgIpc) is 3.46. The van der Waals surface area contributed by atoms with Gasteiger partial charge in [0.15, 0.2) is 0 Å². The molecular weight excluding hydrogens is 457 g/mol. The molecular formula is C29H26FN3O3. The van der Waals surface area contributed by atoms with Crippen molar-refractivity contribution in [3.63, 3.8) is 0 Å². The van der Waals surface area contributed by atoms with E-state index < -0.39 is 23.2 Å². The zero-order valence-electron chi connectivity index (χ0n) is 19.9. The highest BCUT2D eigenvalue weighted by atomic mass is 19.1. The summed E-state index contributed by atoms with van der Waals surface area (Å²) < 4.78 is 14.6. The highest BCUT2D eigenvalue weighted by molar-refractivity contribution is 6.16. The van der Waals surface area contributed by atoms with E-state index in [9.17, 15) is 18.8 Å². The van der Waals surface area contributed by atoms with Crippen LogP contribution in [0.4, 0.5) is 10.1 Å². The Balaban J connectivity index is 1.44. The number of fused-ring (bicyclic) bond motifs is 4. The average molecular weight is 484 g/mol. The number of rotatable bonds is 5. The molecule has 2 saturated heterocycles. The number of para-hydroxylation sites is 1. The van der Waals surface area contributed by atoms with Crippen LogP contribution >= 0.6 is 0 Å². The fourth-order valence-corrected chi connectivity index (χ4v) is 6.24. The molecule has 0 aromatic heterocycles. The molecule has 0 radical (unpaired) electrons. The zero-order chi connectivity index (χ0) is 25.0. The normalized spacial score (nSPS) is 26.7. The molecule has 3 aliphatic heterocycles. The topological polar surface area (TPSA) is 69.7 Å². The number of carbonyl (C=O) groups is 3. The van der Waals surface area contributed by atoms with Gasteiger partial charge in [-0.05, 0) is 24.1 Å². The summed E-state index contributed by atoms with van der Waals surface area (Å²) in [6.45, 7) is 2.16. The van der Waals surface area contributed by atoms with E-state index in [-0.39, 0.29) is 36.9 Å². The quantitative estimate of drug-likeness (QED) is 0.562. The number of hydrogen-bond donors (Lipinski definition) is 1. The lowest BCUT2D eigenvalue weighted by Crippen LogP contribution is -2.55. The summed E-state index contributed by atoms with van der Waals surface area (Å²) >= 11 is 0. The summed E-state index contributed by atoms with van der Waals surface area (Å²) in [5, 5.41) is 3.45. The molecule has 0 aliphatic carbocycles. The van der Waals surface area contributed by atoms with Crippen molar-refractivity contribution in [3.8, 4) is 0 Å². The maximum Gasteiger partial charge on any atom is 0.253 e. The molecule has 1 N–H and O–H groups in total. The minimum absolute atomic E-state index is 0.0377. The minimum Gasteiger partial charge on any atom is -0.306 e. The number of amides is 3. The first-order valence-corrected chi connectivity index (χ1v) is 12.3. The monoisotopic (exact) mass is 483 g/mol. The molecule has 182 valence electrons. The van der Waals surface area contributed by atoms with Gasteiger partial charge in [-0.25, -0.2) is 4.39 Å². The first-order valence-electron chi connectivity index (χ1n) is 12.3. The summed E-state index contributed by atoms with van der Waals surface area (Å²) in [6, 6.07) is 22.7. The Kier molecular flexibility index (Phi) is 5.26. The van der Waals surface area contributed by atoms with E-state index in [2.05, 4.69) is 5.32 Å². The molecule has 0 unspecified atom stereocenters. The van der Waals surface area contributed by atoms with Crippen molar-refractivity contribution in [1.82, 2.24) is 10.2 Å². The van der Waals surface area contributed by atoms with Crippen LogP contribution in [0, 0.1) is 17.7 Å². The van der Waals surface area contributed by atoms with Crippen LogP contribution in [-0.2, 0) is 33.0 Å². The maximum absolute atomic E-state index is 14.6. The SMILES string of the molecule is CC[C@H]1N[C@]2(C(=O)N(Cc3ccccc3F)c3ccccc32)[C@@H]2C(=O)N(Cc3ccccc3)C(=O)[C@@H]21. The third-order valence-corrected chi connectivity index (χ3v) is 7.87. The van der Waals surface area contributed by atoms with Crippen LogP contribution in [0.25, 0.3) is 0 Å². The summed E-state index contributed by atoms with van der Waals surface area (Å²) in [5.74, 6) is -2.81. The first kappa shape index (κ1) is 22.6. The van der Waals surface area contributed by atoms with Crippen molar-refractivity contribution in [1.29, 1.82) is 0 Å². The van der Waals surface area contributed by atoms with E-state index >= 15 is 0 Å². The molecule has 3 aromatic carbocycles. The third kappa shape index (κ3) is 3.09. The fourth-order valence-electron chi connectivity index (χ4n) is 6.24. The first-order chi connectivity index (χ1) is 17.5. The summed E-state index contributed by atoms with van der Waals surface area (Å²) in [7, 11) is 0. The molecule has 6 nitrogen and oxygen atoms in total. The molecule has 3 aliphatic rings. The summed E-state index contributed by atoms with van der Waals surface area (Å²) in [6.07, 6.45) is 0.587. The van der Waals surface area contributed by atoms with Crippen molar-refractivity contribution >= 4 is 23.4 Å². The number of nitrogens with zero attached hydrogens (tertiary/aromatic N) is 2. The van der Waals surface area contributed by atoms with Crippen molar-refractivity contribution in [3.05, 3.63) is 101 Å². The van der Waals surface area contributed by atoms with Gasteiger partial charge in [0.25, 0.3) is 5.91 Å². The van der Waals surface area contributed by atoms with Gasteiger partial charge >= 0.3 is 0 Å². The lowest BCUT2D eigenvalue weighted by Gasteiger charge is -2.30. The lowest BCUT2D eigenvalue weighted by atomic mass is 9.76. The molecule has 4 atom stereocenters. The second-order valence-corrected chi connectivity index (χ2v) is 9.72. The van der Waals surface area contributed by atoms with Gasteiger partial charge in [0, 0.05) is 22.9 Å². The standard InChI is InChI=1S/C29H26FN3O3/c1-2-22-24-25(27(35)33(26(24)34)16-18-10-4-3-5-11-18)29(31-22)20-13-7-9-15-23(20)32(28(29)36)17-19-12-6-8-14-21(19)30/h3-15,22,24-25,31H,2,16-17H2,1H3/t22-,24-,25+,29+/m1/s1. The van der Waals surface area contributed by atoms with Crippen molar-refractivity contribution in [2.75, 3.05) is 4.90 Å². The summed E-state index contributed by atoms with van der Waals surface area (Å²) in [4.78, 5) is 44.7. The smallest absolute Gasteiger partial charge is 0.253 e. The number of likely N-dealkylation sites (tertiary alicyclic amines) is 1. The largest absolute Gasteiger partial charge is 0.306 e. The van der Waals surface area contributed by atoms with E-state index in [4.69, 9.17) is 0 Å². The van der Waals surface area contributed by atoms with Gasteiger partial charge in [-0.2, -0.15) is 0 Å². The van der Waals surface area contributed by atoms with Gasteiger partial charge in [0.2, 0.25) is 11.8 Å². The molecule has 3 amide bonds. The van der Waals surface area contributed by atoms with E-state index in [1.165, 1.54) is 11.0 Å². The van der Waals surface area contributed by atoms with Crippen LogP contribution in [0.15, 0.2) is 78.9 Å². The Hall–Kier alpha value is -3.84. The van der Waals surface area contributed by atoms with Gasteiger partial charge in [-0.1, -0.05) is 73.7 Å². The van der Waals surface area contributed by atoms with Crippen molar-refractivity contribution in [2.24, 2.45) is 11.8 Å². The number of halogens is 1. The highest BCUT2D eigenvalue weighted by Crippen LogP contribution is 2.55. The Labute approximate surface area is 208 Å². The number of benzene rings is 3. The Morgan fingerprint density at radius 3 is 2.28 bits per heavy atom. The lowest BCUT2D eigenvalue weighted by molar-refractivity contribution is -0.143. The van der Waals surface area contributed by atoms with E-state index in [0.717, 1.165) is 5.56 Å². The van der Waals surface area contributed by atoms with Crippen LogP contribution in [0.5, 0.6) is 0 Å². The second-order valence-electron chi connectivity index (χ2n) is 9.72. The van der Waals surface area contributed by atoms with Crippen LogP contribution in [0.1, 0.15) is 30.0 Å². The molecule has 6 rings (SSSR count). The number of nitrogens with one attached hydrogen (secondary N) is 1. The Bertz CT molecular complexity index is 1380. The maximum atomic E-state index is 14.6. The van der Waals surface area contributed by atoms with Crippen molar-refractivity contribution < 1.29 is 18.8 Å². The van der Waals surface area contributed by atoms with Crippen LogP contribution in [-0.4, -0.2) is 28.7 Å². The number of imide groups is 1. The molecule has 1 spiro atoms. The third-order valence-electron chi connectivity index (χ3n) is 7.87. The molecule has 7 heteroatoms. The number of hydrogen-bond acceptors (Lipinski definition) is 4. The second kappa shape index (κ2) is 8.38. The zero-order valence-corrected chi connectivity index (χ0v) is 19.9. The molecule has 0 bridgehead atoms. The summed E-state index contributed by atoms with van der Waals surface area (Å²) in [5.41, 5.74) is 1.17. The molecule has 2 fully saturated rings. The van der Waals surface area contributed by atoms with Gasteiger partial charge in [0.1, 0.15) is 11.4 Å². The van der Waals surface area contributed by atoms with Gasteiger partial charge in [0.05, 0.1) is 24.9 Å². The molecule has 3 heterocycles. The minimum atomic E-state index is -1.37. The molecule has 36 heavy (non-hydrogen) atoms. The van der Waals surface area contributed by atoms with Crippen LogP contribution in [0.2, 0.25) is 0 Å². The molecule has 0 saturated carbocycles. The van der Waals surface area contributed by atoms with E-state index in [0.29, 0.717) is 23.2 Å². The van der Waals surface area contributed by atoms with E-state index in [1.54, 1.807) is 23.1 Å². The van der Waals surface area contributed by atoms with Gasteiger partial charge in [-0.3, -0.25) is 24.6 Å². The number of carbonyl (C=O) groups excluding carboxylic acids is 3. The van der Waals surface area contributed by atoms with Gasteiger partial charge in [-0.15, -0.1) is 0 Å². The number of anilines is 1.